The highest BCUT2D eigenvalue weighted by molar-refractivity contribution is 6.33. The summed E-state index contributed by atoms with van der Waals surface area (Å²) in [6.45, 7) is 9.71. The van der Waals surface area contributed by atoms with Crippen LogP contribution in [0.4, 0.5) is 5.69 Å². The van der Waals surface area contributed by atoms with E-state index in [1.54, 1.807) is 19.2 Å². The van der Waals surface area contributed by atoms with Crippen molar-refractivity contribution in [3.8, 4) is 5.75 Å². The zero-order chi connectivity index (χ0) is 20.2. The average Bonchev–Trinajstić information content (AvgIpc) is 2.67. The first kappa shape index (κ1) is 23.1. The average molecular weight is 398 g/mol. The van der Waals surface area contributed by atoms with Crippen molar-refractivity contribution in [2.45, 2.75) is 33.6 Å². The van der Waals surface area contributed by atoms with Gasteiger partial charge >= 0.3 is 0 Å². The van der Waals surface area contributed by atoms with Crippen molar-refractivity contribution in [1.82, 2.24) is 10.2 Å². The molecule has 0 aliphatic carbocycles. The Bertz CT molecular complexity index is 631. The molecule has 0 atom stereocenters. The van der Waals surface area contributed by atoms with Crippen LogP contribution in [0.1, 0.15) is 44.0 Å². The van der Waals surface area contributed by atoms with E-state index in [9.17, 15) is 4.79 Å². The summed E-state index contributed by atoms with van der Waals surface area (Å²) in [7, 11) is 1.60. The van der Waals surface area contributed by atoms with Gasteiger partial charge in [-0.15, -0.1) is 0 Å². The number of amides is 1. The normalized spacial score (nSPS) is 11.6. The summed E-state index contributed by atoms with van der Waals surface area (Å²) in [4.78, 5) is 14.9. The van der Waals surface area contributed by atoms with E-state index < -0.39 is 0 Å². The van der Waals surface area contributed by atoms with Gasteiger partial charge in [-0.2, -0.15) is 0 Å². The lowest BCUT2D eigenvalue weighted by Gasteiger charge is -2.19. The Balaban J connectivity index is 2.86. The number of ether oxygens (including phenoxy) is 2. The molecule has 1 aromatic rings. The number of hydrogen-bond acceptors (Lipinski definition) is 5. The van der Waals surface area contributed by atoms with Crippen molar-refractivity contribution >= 4 is 23.2 Å². The first-order valence-corrected chi connectivity index (χ1v) is 9.79. The Morgan fingerprint density at radius 1 is 1.30 bits per heavy atom. The van der Waals surface area contributed by atoms with Crippen molar-refractivity contribution in [2.24, 2.45) is 0 Å². The van der Waals surface area contributed by atoms with Gasteiger partial charge in [0.25, 0.3) is 5.91 Å². The summed E-state index contributed by atoms with van der Waals surface area (Å²) in [6, 6.07) is 3.12. The van der Waals surface area contributed by atoms with Gasteiger partial charge in [0.15, 0.2) is 0 Å². The third-order valence-corrected chi connectivity index (χ3v) is 4.57. The lowest BCUT2D eigenvalue weighted by atomic mass is 10.1. The van der Waals surface area contributed by atoms with Crippen LogP contribution in [0, 0.1) is 0 Å². The van der Waals surface area contributed by atoms with Crippen LogP contribution in [0.3, 0.4) is 0 Å². The fourth-order valence-electron chi connectivity index (χ4n) is 2.48. The molecular formula is C20H32ClN3O3. The van der Waals surface area contributed by atoms with Crippen LogP contribution in [0.5, 0.6) is 5.75 Å². The molecule has 0 saturated carbocycles. The second-order valence-corrected chi connectivity index (χ2v) is 6.51. The molecule has 6 nitrogen and oxygen atoms in total. The van der Waals surface area contributed by atoms with Gasteiger partial charge in [-0.1, -0.05) is 38.8 Å². The van der Waals surface area contributed by atoms with E-state index in [1.165, 1.54) is 0 Å². The quantitative estimate of drug-likeness (QED) is 0.415. The van der Waals surface area contributed by atoms with Gasteiger partial charge in [-0.3, -0.25) is 4.79 Å². The number of nitrogens with two attached hydrogens (primary N) is 1. The second kappa shape index (κ2) is 12.5. The molecule has 152 valence electrons. The van der Waals surface area contributed by atoms with Crippen LogP contribution in [-0.4, -0.2) is 50.7 Å². The molecule has 0 heterocycles. The third-order valence-electron chi connectivity index (χ3n) is 4.24. The zero-order valence-corrected chi connectivity index (χ0v) is 17.6. The molecule has 7 heteroatoms. The predicted molar refractivity (Wildman–Crippen MR) is 111 cm³/mol. The Kier molecular flexibility index (Phi) is 10.7. The van der Waals surface area contributed by atoms with Gasteiger partial charge in [0, 0.05) is 19.2 Å². The van der Waals surface area contributed by atoms with E-state index in [4.69, 9.17) is 26.8 Å². The molecule has 0 saturated heterocycles. The van der Waals surface area contributed by atoms with E-state index >= 15 is 0 Å². The summed E-state index contributed by atoms with van der Waals surface area (Å²) in [5, 5.41) is 3.24. The standard InChI is InChI=1S/C20H32ClN3O3/c1-5-8-9-15(26-4)14-27-19-13-18(22)17(21)12-16(19)20(25)23-10-11-24(6-2)7-3/h9,12-13H,5-8,10-11,14,22H2,1-4H3,(H,23,25)/b15-9-. The van der Waals surface area contributed by atoms with Gasteiger partial charge in [0.2, 0.25) is 0 Å². The summed E-state index contributed by atoms with van der Waals surface area (Å²) < 4.78 is 11.1. The molecule has 0 aromatic heterocycles. The highest BCUT2D eigenvalue weighted by Crippen LogP contribution is 2.29. The maximum absolute atomic E-state index is 12.6. The van der Waals surface area contributed by atoms with E-state index in [2.05, 4.69) is 31.0 Å². The Morgan fingerprint density at radius 2 is 2.00 bits per heavy atom. The minimum Gasteiger partial charge on any atom is -0.498 e. The molecule has 0 aliphatic heterocycles. The fourth-order valence-corrected chi connectivity index (χ4v) is 2.65. The number of nitrogens with zero attached hydrogens (tertiary/aromatic N) is 1. The summed E-state index contributed by atoms with van der Waals surface area (Å²) in [5.41, 5.74) is 6.61. The number of methoxy groups -OCH3 is 1. The van der Waals surface area contributed by atoms with Gasteiger partial charge in [-0.05, 0) is 31.7 Å². The Morgan fingerprint density at radius 3 is 2.59 bits per heavy atom. The van der Waals surface area contributed by atoms with Crippen LogP contribution >= 0.6 is 11.6 Å². The minimum atomic E-state index is -0.240. The van der Waals surface area contributed by atoms with Crippen molar-refractivity contribution in [3.63, 3.8) is 0 Å². The Labute approximate surface area is 167 Å². The van der Waals surface area contributed by atoms with Crippen molar-refractivity contribution in [3.05, 3.63) is 34.6 Å². The second-order valence-electron chi connectivity index (χ2n) is 6.10. The molecule has 1 amide bonds. The highest BCUT2D eigenvalue weighted by Gasteiger charge is 2.16. The SMILES string of the molecule is CCC/C=C(/COc1cc(N)c(Cl)cc1C(=O)NCCN(CC)CC)OC. The monoisotopic (exact) mass is 397 g/mol. The molecule has 1 rings (SSSR count). The molecule has 3 N–H and O–H groups in total. The largest absolute Gasteiger partial charge is 0.498 e. The number of hydrogen-bond donors (Lipinski definition) is 2. The number of carbonyl (C=O) groups is 1. The molecule has 0 aliphatic rings. The molecule has 0 bridgehead atoms. The molecule has 0 radical (unpaired) electrons. The Hall–Kier alpha value is -1.92. The molecule has 27 heavy (non-hydrogen) atoms. The zero-order valence-electron chi connectivity index (χ0n) is 16.8. The van der Waals surface area contributed by atoms with Crippen LogP contribution in [-0.2, 0) is 4.74 Å². The number of halogens is 1. The lowest BCUT2D eigenvalue weighted by Crippen LogP contribution is -2.35. The molecule has 0 spiro atoms. The number of allylic oxidation sites excluding steroid dienone is 1. The van der Waals surface area contributed by atoms with Crippen molar-refractivity contribution in [1.29, 1.82) is 0 Å². The van der Waals surface area contributed by atoms with Crippen LogP contribution in [0.2, 0.25) is 5.02 Å². The minimum absolute atomic E-state index is 0.220. The van der Waals surface area contributed by atoms with E-state index in [0.29, 0.717) is 34.3 Å². The van der Waals surface area contributed by atoms with Gasteiger partial charge < -0.3 is 25.4 Å². The maximum atomic E-state index is 12.6. The van der Waals surface area contributed by atoms with E-state index in [0.717, 1.165) is 32.5 Å². The molecular weight excluding hydrogens is 366 g/mol. The summed E-state index contributed by atoms with van der Waals surface area (Å²) in [6.07, 6.45) is 3.89. The number of nitrogens with one attached hydrogen (secondary N) is 1. The topological polar surface area (TPSA) is 76.8 Å². The number of likely N-dealkylation sites (N-methyl/N-ethyl adjacent to an activating group) is 1. The predicted octanol–water partition coefficient (Wildman–Crippen LogP) is 3.70. The third kappa shape index (κ3) is 7.69. The molecule has 1 aromatic carbocycles. The van der Waals surface area contributed by atoms with Crippen LogP contribution in [0.25, 0.3) is 0 Å². The highest BCUT2D eigenvalue weighted by atomic mass is 35.5. The van der Waals surface area contributed by atoms with Crippen molar-refractivity contribution in [2.75, 3.05) is 45.6 Å². The maximum Gasteiger partial charge on any atom is 0.255 e. The first-order chi connectivity index (χ1) is 13.0. The number of carbonyl (C=O) groups excluding carboxylic acids is 1. The number of benzene rings is 1. The van der Waals surface area contributed by atoms with Gasteiger partial charge in [0.1, 0.15) is 18.1 Å². The first-order valence-electron chi connectivity index (χ1n) is 9.42. The number of rotatable bonds is 12. The summed E-state index contributed by atoms with van der Waals surface area (Å²) >= 11 is 6.11. The number of anilines is 1. The lowest BCUT2D eigenvalue weighted by molar-refractivity contribution is 0.0944. The smallest absolute Gasteiger partial charge is 0.255 e. The number of unbranched alkanes of at least 4 members (excludes halogenated alkanes) is 1. The molecule has 0 unspecified atom stereocenters. The van der Waals surface area contributed by atoms with Gasteiger partial charge in [0.05, 0.1) is 23.4 Å². The van der Waals surface area contributed by atoms with E-state index in [1.807, 2.05) is 6.08 Å². The molecule has 0 fully saturated rings. The van der Waals surface area contributed by atoms with Crippen molar-refractivity contribution < 1.29 is 14.3 Å². The van der Waals surface area contributed by atoms with Crippen LogP contribution in [0.15, 0.2) is 24.0 Å². The van der Waals surface area contributed by atoms with E-state index in [-0.39, 0.29) is 12.5 Å². The fraction of sp³-hybridized carbons (Fsp3) is 0.550. The van der Waals surface area contributed by atoms with Crippen LogP contribution < -0.4 is 15.8 Å². The number of nitrogen functional groups attached to an aromatic ring is 1. The van der Waals surface area contributed by atoms with Gasteiger partial charge in [-0.25, -0.2) is 0 Å². The summed E-state index contributed by atoms with van der Waals surface area (Å²) in [5.74, 6) is 0.852.